The SMILES string of the molecule is CC(NC(=O)CCn1cnc2sccc2c1=O)C1CCCO1. The van der Waals surface area contributed by atoms with Gasteiger partial charge in [0.1, 0.15) is 4.83 Å². The maximum atomic E-state index is 12.2. The second kappa shape index (κ2) is 6.58. The molecule has 7 heteroatoms. The van der Waals surface area contributed by atoms with Gasteiger partial charge >= 0.3 is 0 Å². The van der Waals surface area contributed by atoms with Crippen molar-refractivity contribution in [2.45, 2.75) is 44.9 Å². The van der Waals surface area contributed by atoms with Crippen molar-refractivity contribution in [1.29, 1.82) is 0 Å². The van der Waals surface area contributed by atoms with Gasteiger partial charge in [-0.15, -0.1) is 11.3 Å². The van der Waals surface area contributed by atoms with E-state index in [9.17, 15) is 9.59 Å². The van der Waals surface area contributed by atoms with Gasteiger partial charge in [-0.25, -0.2) is 4.98 Å². The molecule has 2 unspecified atom stereocenters. The highest BCUT2D eigenvalue weighted by Gasteiger charge is 2.23. The van der Waals surface area contributed by atoms with Crippen LogP contribution in [0, 0.1) is 0 Å². The first-order chi connectivity index (χ1) is 10.6. The Bertz CT molecular complexity index is 718. The van der Waals surface area contributed by atoms with Crippen molar-refractivity contribution in [3.63, 3.8) is 0 Å². The van der Waals surface area contributed by atoms with Gasteiger partial charge in [0.15, 0.2) is 0 Å². The van der Waals surface area contributed by atoms with Crippen LogP contribution < -0.4 is 10.9 Å². The van der Waals surface area contributed by atoms with E-state index < -0.39 is 0 Å². The Labute approximate surface area is 132 Å². The molecular formula is C15H19N3O3S. The normalized spacial score (nSPS) is 19.4. The van der Waals surface area contributed by atoms with Gasteiger partial charge < -0.3 is 10.1 Å². The van der Waals surface area contributed by atoms with Crippen LogP contribution in [-0.2, 0) is 16.1 Å². The highest BCUT2D eigenvalue weighted by molar-refractivity contribution is 7.16. The van der Waals surface area contributed by atoms with Crippen LogP contribution in [-0.4, -0.2) is 34.2 Å². The predicted molar refractivity (Wildman–Crippen MR) is 85.1 cm³/mol. The molecule has 0 bridgehead atoms. The molecule has 0 aliphatic carbocycles. The molecule has 2 aromatic rings. The second-order valence-corrected chi connectivity index (χ2v) is 6.43. The number of hydrogen-bond acceptors (Lipinski definition) is 5. The Kier molecular flexibility index (Phi) is 4.54. The van der Waals surface area contributed by atoms with E-state index in [1.807, 2.05) is 12.3 Å². The van der Waals surface area contributed by atoms with Crippen molar-refractivity contribution in [1.82, 2.24) is 14.9 Å². The number of rotatable bonds is 5. The standard InChI is InChI=1S/C15H19N3O3S/c1-10(12-3-2-7-21-12)17-13(19)4-6-18-9-16-14-11(15(18)20)5-8-22-14/h5,8-10,12H,2-4,6-7H2,1H3,(H,17,19). The fraction of sp³-hybridized carbons (Fsp3) is 0.533. The average molecular weight is 321 g/mol. The molecule has 3 heterocycles. The first kappa shape index (κ1) is 15.2. The summed E-state index contributed by atoms with van der Waals surface area (Å²) in [5.74, 6) is -0.0692. The minimum atomic E-state index is -0.0915. The monoisotopic (exact) mass is 321 g/mol. The number of aromatic nitrogens is 2. The lowest BCUT2D eigenvalue weighted by Crippen LogP contribution is -2.41. The first-order valence-electron chi connectivity index (χ1n) is 7.49. The molecule has 1 aliphatic rings. The zero-order chi connectivity index (χ0) is 15.5. The highest BCUT2D eigenvalue weighted by Crippen LogP contribution is 2.15. The van der Waals surface area contributed by atoms with Crippen LogP contribution in [0.1, 0.15) is 26.2 Å². The van der Waals surface area contributed by atoms with Crippen LogP contribution in [0.2, 0.25) is 0 Å². The van der Waals surface area contributed by atoms with E-state index in [0.29, 0.717) is 11.9 Å². The molecule has 22 heavy (non-hydrogen) atoms. The smallest absolute Gasteiger partial charge is 0.262 e. The Morgan fingerprint density at radius 2 is 2.50 bits per heavy atom. The van der Waals surface area contributed by atoms with E-state index in [0.717, 1.165) is 24.3 Å². The molecule has 0 radical (unpaired) electrons. The van der Waals surface area contributed by atoms with Gasteiger partial charge in [-0.2, -0.15) is 0 Å². The average Bonchev–Trinajstić information content (AvgIpc) is 3.18. The van der Waals surface area contributed by atoms with Gasteiger partial charge in [-0.3, -0.25) is 14.2 Å². The van der Waals surface area contributed by atoms with Crippen LogP contribution >= 0.6 is 11.3 Å². The van der Waals surface area contributed by atoms with Gasteiger partial charge in [0.05, 0.1) is 23.9 Å². The van der Waals surface area contributed by atoms with Gasteiger partial charge in [0.25, 0.3) is 5.56 Å². The van der Waals surface area contributed by atoms with Crippen LogP contribution in [0.25, 0.3) is 10.2 Å². The largest absolute Gasteiger partial charge is 0.376 e. The Morgan fingerprint density at radius 3 is 3.27 bits per heavy atom. The lowest BCUT2D eigenvalue weighted by Gasteiger charge is -2.20. The summed E-state index contributed by atoms with van der Waals surface area (Å²) in [5.41, 5.74) is -0.0915. The predicted octanol–water partition coefficient (Wildman–Crippen LogP) is 1.53. The van der Waals surface area contributed by atoms with E-state index in [2.05, 4.69) is 10.3 Å². The summed E-state index contributed by atoms with van der Waals surface area (Å²) in [6.45, 7) is 3.06. The van der Waals surface area contributed by atoms with Gasteiger partial charge in [-0.1, -0.05) is 0 Å². The van der Waals surface area contributed by atoms with E-state index in [-0.39, 0.29) is 30.0 Å². The molecule has 118 valence electrons. The molecular weight excluding hydrogens is 302 g/mol. The number of carbonyl (C=O) groups excluding carboxylic acids is 1. The van der Waals surface area contributed by atoms with Crippen molar-refractivity contribution in [2.24, 2.45) is 0 Å². The lowest BCUT2D eigenvalue weighted by atomic mass is 10.1. The van der Waals surface area contributed by atoms with Gasteiger partial charge in [0, 0.05) is 19.6 Å². The number of nitrogens with one attached hydrogen (secondary N) is 1. The van der Waals surface area contributed by atoms with Crippen LogP contribution in [0.4, 0.5) is 0 Å². The van der Waals surface area contributed by atoms with Crippen LogP contribution in [0.3, 0.4) is 0 Å². The number of fused-ring (bicyclic) bond motifs is 1. The minimum Gasteiger partial charge on any atom is -0.376 e. The summed E-state index contributed by atoms with van der Waals surface area (Å²) in [5, 5.41) is 5.40. The van der Waals surface area contributed by atoms with E-state index in [4.69, 9.17) is 4.74 Å². The third kappa shape index (κ3) is 3.20. The second-order valence-electron chi connectivity index (χ2n) is 5.54. The van der Waals surface area contributed by atoms with Crippen LogP contribution in [0.5, 0.6) is 0 Å². The number of amides is 1. The summed E-state index contributed by atoms with van der Waals surface area (Å²) < 4.78 is 7.05. The van der Waals surface area contributed by atoms with Crippen molar-refractivity contribution in [2.75, 3.05) is 6.61 Å². The van der Waals surface area contributed by atoms with Crippen molar-refractivity contribution in [3.8, 4) is 0 Å². The summed E-state index contributed by atoms with van der Waals surface area (Å²) in [7, 11) is 0. The molecule has 1 N–H and O–H groups in total. The third-order valence-electron chi connectivity index (χ3n) is 3.94. The number of nitrogens with zero attached hydrogens (tertiary/aromatic N) is 2. The molecule has 0 aromatic carbocycles. The molecule has 6 nitrogen and oxygen atoms in total. The van der Waals surface area contributed by atoms with Crippen LogP contribution in [0.15, 0.2) is 22.6 Å². The highest BCUT2D eigenvalue weighted by atomic mass is 32.1. The van der Waals surface area contributed by atoms with E-state index >= 15 is 0 Å². The number of thiophene rings is 1. The van der Waals surface area contributed by atoms with Gasteiger partial charge in [-0.05, 0) is 31.2 Å². The Morgan fingerprint density at radius 1 is 1.64 bits per heavy atom. The molecule has 2 atom stereocenters. The molecule has 3 rings (SSSR count). The lowest BCUT2D eigenvalue weighted by molar-refractivity contribution is -0.122. The Balaban J connectivity index is 1.57. The molecule has 0 saturated carbocycles. The number of hydrogen-bond donors (Lipinski definition) is 1. The maximum Gasteiger partial charge on any atom is 0.262 e. The number of carbonyl (C=O) groups is 1. The molecule has 1 fully saturated rings. The minimum absolute atomic E-state index is 0.00389. The quantitative estimate of drug-likeness (QED) is 0.906. The zero-order valence-electron chi connectivity index (χ0n) is 12.4. The van der Waals surface area contributed by atoms with Gasteiger partial charge in [0.2, 0.25) is 5.91 Å². The number of aryl methyl sites for hydroxylation is 1. The molecule has 1 amide bonds. The third-order valence-corrected chi connectivity index (χ3v) is 4.76. The van der Waals surface area contributed by atoms with Crippen molar-refractivity contribution in [3.05, 3.63) is 28.1 Å². The van der Waals surface area contributed by atoms with Crippen molar-refractivity contribution >= 4 is 27.5 Å². The fourth-order valence-electron chi connectivity index (χ4n) is 2.69. The molecule has 1 aliphatic heterocycles. The van der Waals surface area contributed by atoms with E-state index in [1.165, 1.54) is 22.2 Å². The number of ether oxygens (including phenoxy) is 1. The van der Waals surface area contributed by atoms with Crippen molar-refractivity contribution < 1.29 is 9.53 Å². The zero-order valence-corrected chi connectivity index (χ0v) is 13.3. The molecule has 1 saturated heterocycles. The summed E-state index contributed by atoms with van der Waals surface area (Å²) in [6, 6.07) is 1.77. The summed E-state index contributed by atoms with van der Waals surface area (Å²) in [6.07, 6.45) is 3.91. The fourth-order valence-corrected chi connectivity index (χ4v) is 3.41. The first-order valence-corrected chi connectivity index (χ1v) is 8.37. The maximum absolute atomic E-state index is 12.2. The topological polar surface area (TPSA) is 73.2 Å². The molecule has 0 spiro atoms. The Hall–Kier alpha value is -1.73. The van der Waals surface area contributed by atoms with E-state index in [1.54, 1.807) is 6.07 Å². The summed E-state index contributed by atoms with van der Waals surface area (Å²) in [4.78, 5) is 29.2. The molecule has 2 aromatic heterocycles. The summed E-state index contributed by atoms with van der Waals surface area (Å²) >= 11 is 1.44.